The van der Waals surface area contributed by atoms with Gasteiger partial charge in [-0.15, -0.1) is 11.3 Å². The van der Waals surface area contributed by atoms with Crippen molar-refractivity contribution in [2.45, 2.75) is 25.0 Å². The molecule has 1 aliphatic rings. The Labute approximate surface area is 138 Å². The zero-order chi connectivity index (χ0) is 17.1. The van der Waals surface area contributed by atoms with Gasteiger partial charge in [-0.05, 0) is 13.8 Å². The number of carbonyl (C=O) groups is 2. The van der Waals surface area contributed by atoms with E-state index in [0.717, 1.165) is 0 Å². The molecule has 1 atom stereocenters. The predicted octanol–water partition coefficient (Wildman–Crippen LogP) is -0.800. The van der Waals surface area contributed by atoms with E-state index >= 15 is 0 Å². The molecule has 1 aliphatic heterocycles. The van der Waals surface area contributed by atoms with Crippen LogP contribution in [0.25, 0.3) is 0 Å². The molecule has 0 radical (unpaired) electrons. The van der Waals surface area contributed by atoms with Gasteiger partial charge in [-0.25, -0.2) is 4.98 Å². The molecule has 0 aliphatic carbocycles. The summed E-state index contributed by atoms with van der Waals surface area (Å²) in [6.07, 6.45) is 0. The highest BCUT2D eigenvalue weighted by Gasteiger charge is 2.38. The van der Waals surface area contributed by atoms with Crippen LogP contribution in [0.15, 0.2) is 10.9 Å². The van der Waals surface area contributed by atoms with E-state index in [1.54, 1.807) is 24.7 Å². The van der Waals surface area contributed by atoms with Gasteiger partial charge in [0.2, 0.25) is 5.91 Å². The van der Waals surface area contributed by atoms with E-state index in [1.165, 1.54) is 16.2 Å². The topological polar surface area (TPSA) is 118 Å². The molecule has 128 valence electrons. The molecule has 8 nitrogen and oxygen atoms in total. The zero-order valence-electron chi connectivity index (χ0n) is 13.2. The minimum Gasteiger partial charge on any atom is -0.384 e. The molecule has 2 amide bonds. The fourth-order valence-corrected chi connectivity index (χ4v) is 2.80. The average Bonchev–Trinajstić information content (AvgIpc) is 2.94. The van der Waals surface area contributed by atoms with Crippen LogP contribution in [-0.2, 0) is 9.53 Å². The van der Waals surface area contributed by atoms with Gasteiger partial charge in [-0.3, -0.25) is 9.59 Å². The normalized spacial score (nSPS) is 22.5. The molecule has 1 aromatic heterocycles. The first-order valence-corrected chi connectivity index (χ1v) is 8.20. The Morgan fingerprint density at radius 2 is 2.35 bits per heavy atom. The summed E-state index contributed by atoms with van der Waals surface area (Å²) in [5.41, 5.74) is 5.29. The number of ether oxygens (including phenoxy) is 1. The van der Waals surface area contributed by atoms with E-state index in [-0.39, 0.29) is 31.5 Å². The van der Waals surface area contributed by atoms with Gasteiger partial charge < -0.3 is 25.8 Å². The quantitative estimate of drug-likeness (QED) is 0.659. The Morgan fingerprint density at radius 1 is 1.61 bits per heavy atom. The highest BCUT2D eigenvalue weighted by atomic mass is 32.1. The molecular formula is C14H22N4O4S. The monoisotopic (exact) mass is 342 g/mol. The van der Waals surface area contributed by atoms with Crippen molar-refractivity contribution in [2.75, 3.05) is 32.8 Å². The van der Waals surface area contributed by atoms with E-state index in [0.29, 0.717) is 18.8 Å². The molecule has 4 N–H and O–H groups in total. The zero-order valence-corrected chi connectivity index (χ0v) is 14.1. The molecule has 2 heterocycles. The molecule has 2 rings (SSSR count). The summed E-state index contributed by atoms with van der Waals surface area (Å²) in [5, 5.41) is 14.9. The van der Waals surface area contributed by atoms with Gasteiger partial charge in [-0.2, -0.15) is 0 Å². The Hall–Kier alpha value is -1.55. The van der Waals surface area contributed by atoms with Crippen molar-refractivity contribution in [3.05, 3.63) is 16.6 Å². The van der Waals surface area contributed by atoms with E-state index in [1.807, 2.05) is 0 Å². The number of thiazole rings is 1. The highest BCUT2D eigenvalue weighted by Crippen LogP contribution is 2.15. The van der Waals surface area contributed by atoms with Crippen LogP contribution in [0.1, 0.15) is 24.3 Å². The molecule has 23 heavy (non-hydrogen) atoms. The Morgan fingerprint density at radius 3 is 2.96 bits per heavy atom. The standard InChI is InChI=1S/C14H22N4O4S/c1-13(2,15)12(20)18-3-4-22-8-14(21,7-18)6-16-11(19)10-5-23-9-17-10/h5,9,21H,3-4,6-8,15H2,1-2H3,(H,16,19). The van der Waals surface area contributed by atoms with Crippen molar-refractivity contribution in [3.8, 4) is 0 Å². The molecule has 9 heteroatoms. The summed E-state index contributed by atoms with van der Waals surface area (Å²) in [7, 11) is 0. The predicted molar refractivity (Wildman–Crippen MR) is 85.1 cm³/mol. The number of hydrogen-bond acceptors (Lipinski definition) is 7. The minimum absolute atomic E-state index is 0.0269. The number of nitrogens with two attached hydrogens (primary N) is 1. The molecule has 0 spiro atoms. The molecule has 1 fully saturated rings. The van der Waals surface area contributed by atoms with Crippen LogP contribution in [0.5, 0.6) is 0 Å². The van der Waals surface area contributed by atoms with Gasteiger partial charge in [-0.1, -0.05) is 0 Å². The number of β-amino-alcohol motifs (C(OH)–C–C–N with tert-alkyl or cyclic N) is 1. The van der Waals surface area contributed by atoms with Gasteiger partial charge in [0.05, 0.1) is 37.4 Å². The number of carbonyl (C=O) groups excluding carboxylic acids is 2. The van der Waals surface area contributed by atoms with Crippen molar-refractivity contribution in [2.24, 2.45) is 5.73 Å². The first-order chi connectivity index (χ1) is 10.7. The summed E-state index contributed by atoms with van der Waals surface area (Å²) in [6.45, 7) is 3.92. The fraction of sp³-hybridized carbons (Fsp3) is 0.643. The molecule has 1 unspecified atom stereocenters. The molecular weight excluding hydrogens is 320 g/mol. The Kier molecular flexibility index (Phi) is 5.35. The lowest BCUT2D eigenvalue weighted by Crippen LogP contribution is -2.58. The number of rotatable bonds is 4. The summed E-state index contributed by atoms with van der Waals surface area (Å²) in [5.74, 6) is -0.645. The maximum Gasteiger partial charge on any atom is 0.270 e. The van der Waals surface area contributed by atoms with Crippen molar-refractivity contribution < 1.29 is 19.4 Å². The average molecular weight is 342 g/mol. The first kappa shape index (κ1) is 17.8. The van der Waals surface area contributed by atoms with Crippen molar-refractivity contribution in [1.82, 2.24) is 15.2 Å². The molecule has 0 aromatic carbocycles. The van der Waals surface area contributed by atoms with Crippen LogP contribution >= 0.6 is 11.3 Å². The van der Waals surface area contributed by atoms with E-state index in [2.05, 4.69) is 10.3 Å². The van der Waals surface area contributed by atoms with Gasteiger partial charge >= 0.3 is 0 Å². The van der Waals surface area contributed by atoms with E-state index in [9.17, 15) is 14.7 Å². The van der Waals surface area contributed by atoms with E-state index < -0.39 is 11.1 Å². The van der Waals surface area contributed by atoms with Gasteiger partial charge in [0.1, 0.15) is 11.3 Å². The summed E-state index contributed by atoms with van der Waals surface area (Å²) in [6, 6.07) is 0. The summed E-state index contributed by atoms with van der Waals surface area (Å²) < 4.78 is 5.38. The largest absolute Gasteiger partial charge is 0.384 e. The van der Waals surface area contributed by atoms with Crippen LogP contribution in [0.3, 0.4) is 0 Å². The number of nitrogens with zero attached hydrogens (tertiary/aromatic N) is 2. The van der Waals surface area contributed by atoms with Gasteiger partial charge in [0.25, 0.3) is 5.91 Å². The fourth-order valence-electron chi connectivity index (χ4n) is 2.26. The van der Waals surface area contributed by atoms with Crippen molar-refractivity contribution in [1.29, 1.82) is 0 Å². The number of amides is 2. The lowest BCUT2D eigenvalue weighted by molar-refractivity contribution is -0.138. The van der Waals surface area contributed by atoms with Crippen LogP contribution in [0.4, 0.5) is 0 Å². The third kappa shape index (κ3) is 4.71. The summed E-state index contributed by atoms with van der Waals surface area (Å²) in [4.78, 5) is 29.6. The smallest absolute Gasteiger partial charge is 0.270 e. The second kappa shape index (κ2) is 6.91. The Balaban J connectivity index is 2.01. The minimum atomic E-state index is -1.37. The van der Waals surface area contributed by atoms with Gasteiger partial charge in [0.15, 0.2) is 0 Å². The van der Waals surface area contributed by atoms with Crippen LogP contribution in [0.2, 0.25) is 0 Å². The maximum absolute atomic E-state index is 12.3. The second-order valence-corrected chi connectivity index (χ2v) is 7.00. The molecule has 1 saturated heterocycles. The number of hydrogen-bond donors (Lipinski definition) is 3. The molecule has 1 aromatic rings. The third-order valence-electron chi connectivity index (χ3n) is 3.44. The number of nitrogens with one attached hydrogen (secondary N) is 1. The lowest BCUT2D eigenvalue weighted by atomic mass is 10.0. The van der Waals surface area contributed by atoms with Crippen molar-refractivity contribution >= 4 is 23.2 Å². The SMILES string of the molecule is CC(C)(N)C(=O)N1CCOCC(O)(CNC(=O)c2cscn2)C1. The van der Waals surface area contributed by atoms with Crippen molar-refractivity contribution in [3.63, 3.8) is 0 Å². The maximum atomic E-state index is 12.3. The molecule has 0 saturated carbocycles. The second-order valence-electron chi connectivity index (χ2n) is 6.28. The highest BCUT2D eigenvalue weighted by molar-refractivity contribution is 7.07. The van der Waals surface area contributed by atoms with Crippen LogP contribution < -0.4 is 11.1 Å². The van der Waals surface area contributed by atoms with Crippen LogP contribution in [-0.4, -0.2) is 70.8 Å². The third-order valence-corrected chi connectivity index (χ3v) is 4.03. The Bertz CT molecular complexity index is 558. The number of aromatic nitrogens is 1. The molecule has 0 bridgehead atoms. The van der Waals surface area contributed by atoms with Gasteiger partial charge in [0, 0.05) is 11.9 Å². The first-order valence-electron chi connectivity index (χ1n) is 7.26. The summed E-state index contributed by atoms with van der Waals surface area (Å²) >= 11 is 1.31. The van der Waals surface area contributed by atoms with Crippen LogP contribution in [0, 0.1) is 0 Å². The number of aliphatic hydroxyl groups is 1. The lowest BCUT2D eigenvalue weighted by Gasteiger charge is -2.33. The van der Waals surface area contributed by atoms with E-state index in [4.69, 9.17) is 10.5 Å².